The lowest BCUT2D eigenvalue weighted by molar-refractivity contribution is 0.0793. The van der Waals surface area contributed by atoms with Crippen molar-refractivity contribution in [2.75, 3.05) is 27.2 Å². The second-order valence-corrected chi connectivity index (χ2v) is 4.46. The van der Waals surface area contributed by atoms with E-state index in [1.54, 1.807) is 11.9 Å². The fraction of sp³-hybridized carbons (Fsp3) is 0.455. The molecule has 0 aliphatic rings. The molecule has 1 aromatic heterocycles. The van der Waals surface area contributed by atoms with Crippen LogP contribution in [0, 0.1) is 0 Å². The Morgan fingerprint density at radius 1 is 1.41 bits per heavy atom. The molecular formula is C11H15Cl2N3O. The van der Waals surface area contributed by atoms with Gasteiger partial charge in [-0.25, -0.2) is 4.98 Å². The number of carbonyl (C=O) groups is 1. The van der Waals surface area contributed by atoms with E-state index >= 15 is 0 Å². The summed E-state index contributed by atoms with van der Waals surface area (Å²) in [6.45, 7) is 1.55. The van der Waals surface area contributed by atoms with E-state index in [1.165, 1.54) is 12.1 Å². The molecule has 0 unspecified atom stereocenters. The molecule has 0 radical (unpaired) electrons. The lowest BCUT2D eigenvalue weighted by atomic mass is 10.2. The van der Waals surface area contributed by atoms with Crippen molar-refractivity contribution in [3.8, 4) is 0 Å². The minimum Gasteiger partial charge on any atom is -0.342 e. The molecule has 0 aliphatic heterocycles. The molecule has 1 aromatic rings. The first-order valence-electron chi connectivity index (χ1n) is 5.27. The molecule has 0 bridgehead atoms. The lowest BCUT2D eigenvalue weighted by Crippen LogP contribution is -2.29. The van der Waals surface area contributed by atoms with Crippen LogP contribution in [0.2, 0.25) is 10.3 Å². The molecule has 17 heavy (non-hydrogen) atoms. The highest BCUT2D eigenvalue weighted by Gasteiger charge is 2.13. The number of halogens is 2. The summed E-state index contributed by atoms with van der Waals surface area (Å²) in [6.07, 6.45) is 0.894. The SMILES string of the molecule is CNCCCN(C)C(=O)c1cc(Cl)nc(Cl)c1. The Kier molecular flexibility index (Phi) is 5.68. The van der Waals surface area contributed by atoms with Gasteiger partial charge in [-0.05, 0) is 32.1 Å². The van der Waals surface area contributed by atoms with Crippen molar-refractivity contribution < 1.29 is 4.79 Å². The van der Waals surface area contributed by atoms with Crippen LogP contribution < -0.4 is 5.32 Å². The molecule has 4 nitrogen and oxygen atoms in total. The van der Waals surface area contributed by atoms with E-state index in [4.69, 9.17) is 23.2 Å². The third-order valence-corrected chi connectivity index (χ3v) is 2.66. The van der Waals surface area contributed by atoms with Gasteiger partial charge in [-0.1, -0.05) is 23.2 Å². The molecule has 0 aliphatic carbocycles. The number of hydrogen-bond donors (Lipinski definition) is 1. The lowest BCUT2D eigenvalue weighted by Gasteiger charge is -2.17. The van der Waals surface area contributed by atoms with Crippen LogP contribution >= 0.6 is 23.2 Å². The minimum atomic E-state index is -0.104. The van der Waals surface area contributed by atoms with Gasteiger partial charge in [-0.3, -0.25) is 4.79 Å². The number of carbonyl (C=O) groups excluding carboxylic acids is 1. The normalized spacial score (nSPS) is 10.4. The topological polar surface area (TPSA) is 45.2 Å². The van der Waals surface area contributed by atoms with Gasteiger partial charge in [0.15, 0.2) is 0 Å². The van der Waals surface area contributed by atoms with Crippen LogP contribution in [0.3, 0.4) is 0 Å². The van der Waals surface area contributed by atoms with Crippen molar-refractivity contribution in [3.05, 3.63) is 28.0 Å². The van der Waals surface area contributed by atoms with Gasteiger partial charge in [0.1, 0.15) is 10.3 Å². The highest BCUT2D eigenvalue weighted by molar-refractivity contribution is 6.33. The smallest absolute Gasteiger partial charge is 0.253 e. The summed E-state index contributed by atoms with van der Waals surface area (Å²) in [5.41, 5.74) is 0.460. The molecule has 94 valence electrons. The molecule has 0 saturated carbocycles. The zero-order valence-corrected chi connectivity index (χ0v) is 11.3. The Labute approximate surface area is 111 Å². The Morgan fingerprint density at radius 3 is 2.53 bits per heavy atom. The number of hydrogen-bond acceptors (Lipinski definition) is 3. The summed E-state index contributed by atoms with van der Waals surface area (Å²) in [6, 6.07) is 3.04. The molecular weight excluding hydrogens is 261 g/mol. The maximum Gasteiger partial charge on any atom is 0.253 e. The Morgan fingerprint density at radius 2 is 2.00 bits per heavy atom. The summed E-state index contributed by atoms with van der Waals surface area (Å²) in [7, 11) is 3.63. The van der Waals surface area contributed by atoms with Crippen LogP contribution in [-0.4, -0.2) is 43.0 Å². The van der Waals surface area contributed by atoms with Crippen molar-refractivity contribution in [1.29, 1.82) is 0 Å². The number of nitrogens with one attached hydrogen (secondary N) is 1. The molecule has 0 spiro atoms. The van der Waals surface area contributed by atoms with Gasteiger partial charge in [0, 0.05) is 19.2 Å². The quantitative estimate of drug-likeness (QED) is 0.661. The number of amides is 1. The number of rotatable bonds is 5. The van der Waals surface area contributed by atoms with Crippen molar-refractivity contribution in [1.82, 2.24) is 15.2 Å². The second kappa shape index (κ2) is 6.79. The number of aromatic nitrogens is 1. The fourth-order valence-electron chi connectivity index (χ4n) is 1.40. The zero-order chi connectivity index (χ0) is 12.8. The van der Waals surface area contributed by atoms with E-state index < -0.39 is 0 Å². The largest absolute Gasteiger partial charge is 0.342 e. The first-order chi connectivity index (χ1) is 8.04. The highest BCUT2D eigenvalue weighted by atomic mass is 35.5. The molecule has 0 atom stereocenters. The molecule has 0 fully saturated rings. The van der Waals surface area contributed by atoms with Crippen molar-refractivity contribution >= 4 is 29.1 Å². The maximum atomic E-state index is 12.0. The average Bonchev–Trinajstić information content (AvgIpc) is 2.27. The molecule has 6 heteroatoms. The molecule has 0 saturated heterocycles. The van der Waals surface area contributed by atoms with Crippen molar-refractivity contribution in [2.45, 2.75) is 6.42 Å². The van der Waals surface area contributed by atoms with Crippen LogP contribution in [0.15, 0.2) is 12.1 Å². The van der Waals surface area contributed by atoms with Gasteiger partial charge in [0.05, 0.1) is 0 Å². The van der Waals surface area contributed by atoms with Crippen LogP contribution in [0.25, 0.3) is 0 Å². The molecule has 1 heterocycles. The summed E-state index contributed by atoms with van der Waals surface area (Å²) in [5, 5.41) is 3.48. The highest BCUT2D eigenvalue weighted by Crippen LogP contribution is 2.15. The third-order valence-electron chi connectivity index (χ3n) is 2.28. The molecule has 0 aromatic carbocycles. The summed E-state index contributed by atoms with van der Waals surface area (Å²) in [5.74, 6) is -0.104. The van der Waals surface area contributed by atoms with Gasteiger partial charge in [0.25, 0.3) is 5.91 Å². The van der Waals surface area contributed by atoms with E-state index in [-0.39, 0.29) is 16.2 Å². The Balaban J connectivity index is 2.68. The summed E-state index contributed by atoms with van der Waals surface area (Å²) >= 11 is 11.5. The minimum absolute atomic E-state index is 0.104. The third kappa shape index (κ3) is 4.50. The molecule has 1 rings (SSSR count). The maximum absolute atomic E-state index is 12.0. The molecule has 1 N–H and O–H groups in total. The first kappa shape index (κ1) is 14.2. The van der Waals surface area contributed by atoms with Gasteiger partial charge in [-0.2, -0.15) is 0 Å². The standard InChI is InChI=1S/C11H15Cl2N3O/c1-14-4-3-5-16(2)11(17)8-6-9(12)15-10(13)7-8/h6-7,14H,3-5H2,1-2H3. The van der Waals surface area contributed by atoms with E-state index in [1.807, 2.05) is 7.05 Å². The second-order valence-electron chi connectivity index (χ2n) is 3.69. The fourth-order valence-corrected chi connectivity index (χ4v) is 1.86. The van der Waals surface area contributed by atoms with Crippen LogP contribution in [0.5, 0.6) is 0 Å². The Bertz CT molecular complexity index is 378. The van der Waals surface area contributed by atoms with Crippen LogP contribution in [-0.2, 0) is 0 Å². The monoisotopic (exact) mass is 275 g/mol. The predicted molar refractivity (Wildman–Crippen MR) is 69.8 cm³/mol. The number of nitrogens with zero attached hydrogens (tertiary/aromatic N) is 2. The van der Waals surface area contributed by atoms with Crippen molar-refractivity contribution in [3.63, 3.8) is 0 Å². The van der Waals surface area contributed by atoms with Gasteiger partial charge >= 0.3 is 0 Å². The van der Waals surface area contributed by atoms with Crippen molar-refractivity contribution in [2.24, 2.45) is 0 Å². The van der Waals surface area contributed by atoms with Crippen LogP contribution in [0.1, 0.15) is 16.8 Å². The van der Waals surface area contributed by atoms with E-state index in [0.29, 0.717) is 12.1 Å². The Hall–Kier alpha value is -0.840. The van der Waals surface area contributed by atoms with Gasteiger partial charge in [-0.15, -0.1) is 0 Å². The first-order valence-corrected chi connectivity index (χ1v) is 6.03. The van der Waals surface area contributed by atoms with E-state index in [0.717, 1.165) is 13.0 Å². The van der Waals surface area contributed by atoms with Crippen LogP contribution in [0.4, 0.5) is 0 Å². The zero-order valence-electron chi connectivity index (χ0n) is 9.83. The summed E-state index contributed by atoms with van der Waals surface area (Å²) in [4.78, 5) is 17.4. The summed E-state index contributed by atoms with van der Waals surface area (Å²) < 4.78 is 0. The van der Waals surface area contributed by atoms with E-state index in [2.05, 4.69) is 10.3 Å². The predicted octanol–water partition coefficient (Wildman–Crippen LogP) is 2.07. The van der Waals surface area contributed by atoms with E-state index in [9.17, 15) is 4.79 Å². The average molecular weight is 276 g/mol. The van der Waals surface area contributed by atoms with Gasteiger partial charge in [0.2, 0.25) is 0 Å². The molecule has 1 amide bonds. The van der Waals surface area contributed by atoms with Gasteiger partial charge < -0.3 is 10.2 Å². The number of pyridine rings is 1.